The largest absolute Gasteiger partial charge is 0.360 e. The fourth-order valence-corrected chi connectivity index (χ4v) is 3.71. The highest BCUT2D eigenvalue weighted by molar-refractivity contribution is 5.04. The highest BCUT2D eigenvalue weighted by atomic mass is 16.5. The summed E-state index contributed by atoms with van der Waals surface area (Å²) in [6.45, 7) is 7.42. The molecule has 1 aromatic rings. The molecule has 112 valence electrons. The van der Waals surface area contributed by atoms with Crippen LogP contribution in [0.4, 0.5) is 0 Å². The van der Waals surface area contributed by atoms with E-state index in [1.165, 1.54) is 32.1 Å². The molecular formula is C16H27N3O. The number of aryl methyl sites for hydroxylation is 1. The molecule has 0 aromatic carbocycles. The van der Waals surface area contributed by atoms with Crippen LogP contribution in [0, 0.1) is 12.8 Å². The summed E-state index contributed by atoms with van der Waals surface area (Å²) in [5.41, 5.74) is 0.978. The normalized spacial score (nSPS) is 29.7. The van der Waals surface area contributed by atoms with Gasteiger partial charge in [-0.2, -0.15) is 0 Å². The maximum Gasteiger partial charge on any atom is 0.150 e. The van der Waals surface area contributed by atoms with Crippen LogP contribution in [0.2, 0.25) is 0 Å². The molecule has 0 spiro atoms. The van der Waals surface area contributed by atoms with E-state index < -0.39 is 0 Å². The molecule has 0 bridgehead atoms. The van der Waals surface area contributed by atoms with Crippen LogP contribution in [-0.2, 0) is 6.54 Å². The van der Waals surface area contributed by atoms with Crippen molar-refractivity contribution in [3.05, 3.63) is 17.5 Å². The number of aromatic nitrogens is 1. The van der Waals surface area contributed by atoms with E-state index in [4.69, 9.17) is 4.52 Å². The molecular weight excluding hydrogens is 250 g/mol. The van der Waals surface area contributed by atoms with Crippen LogP contribution in [0.25, 0.3) is 0 Å². The molecule has 0 radical (unpaired) electrons. The molecule has 0 amide bonds. The van der Waals surface area contributed by atoms with Gasteiger partial charge in [-0.05, 0) is 32.6 Å². The number of hydrogen-bond acceptors (Lipinski definition) is 4. The van der Waals surface area contributed by atoms with Gasteiger partial charge in [0, 0.05) is 31.2 Å². The van der Waals surface area contributed by atoms with Gasteiger partial charge in [0.2, 0.25) is 0 Å². The van der Waals surface area contributed by atoms with Crippen molar-refractivity contribution in [2.75, 3.05) is 13.1 Å². The summed E-state index contributed by atoms with van der Waals surface area (Å²) in [6.07, 6.45) is 7.07. The van der Waals surface area contributed by atoms with Crippen LogP contribution < -0.4 is 5.32 Å². The number of nitrogens with zero attached hydrogens (tertiary/aromatic N) is 2. The van der Waals surface area contributed by atoms with Gasteiger partial charge in [0.15, 0.2) is 5.76 Å². The first-order chi connectivity index (χ1) is 9.72. The van der Waals surface area contributed by atoms with E-state index in [9.17, 15) is 0 Å². The molecule has 1 aromatic heterocycles. The van der Waals surface area contributed by atoms with Crippen molar-refractivity contribution in [1.82, 2.24) is 15.4 Å². The van der Waals surface area contributed by atoms with E-state index in [-0.39, 0.29) is 0 Å². The van der Waals surface area contributed by atoms with Gasteiger partial charge in [-0.25, -0.2) is 0 Å². The Morgan fingerprint density at radius 1 is 1.35 bits per heavy atom. The second kappa shape index (κ2) is 6.27. The predicted molar refractivity (Wildman–Crippen MR) is 79.5 cm³/mol. The summed E-state index contributed by atoms with van der Waals surface area (Å²) in [5.74, 6) is 1.87. The average molecular weight is 277 g/mol. The second-order valence-electron chi connectivity index (χ2n) is 6.63. The van der Waals surface area contributed by atoms with Crippen molar-refractivity contribution in [3.63, 3.8) is 0 Å². The first kappa shape index (κ1) is 14.1. The minimum absolute atomic E-state index is 0.570. The van der Waals surface area contributed by atoms with Crippen LogP contribution in [0.5, 0.6) is 0 Å². The van der Waals surface area contributed by atoms with Crippen LogP contribution in [0.15, 0.2) is 10.6 Å². The van der Waals surface area contributed by atoms with Gasteiger partial charge in [0.1, 0.15) is 0 Å². The van der Waals surface area contributed by atoms with Crippen LogP contribution in [0.3, 0.4) is 0 Å². The van der Waals surface area contributed by atoms with Gasteiger partial charge >= 0.3 is 0 Å². The van der Waals surface area contributed by atoms with Crippen molar-refractivity contribution in [2.45, 2.75) is 64.6 Å². The smallest absolute Gasteiger partial charge is 0.150 e. The third-order valence-electron chi connectivity index (χ3n) is 4.98. The Labute approximate surface area is 121 Å². The molecule has 1 saturated carbocycles. The Morgan fingerprint density at radius 3 is 2.85 bits per heavy atom. The Hall–Kier alpha value is -0.870. The molecule has 1 aliphatic carbocycles. The van der Waals surface area contributed by atoms with E-state index in [2.05, 4.69) is 28.4 Å². The minimum atomic E-state index is 0.570. The lowest BCUT2D eigenvalue weighted by molar-refractivity contribution is 0.0896. The van der Waals surface area contributed by atoms with Gasteiger partial charge in [-0.15, -0.1) is 0 Å². The van der Waals surface area contributed by atoms with Crippen molar-refractivity contribution < 1.29 is 4.52 Å². The molecule has 2 heterocycles. The van der Waals surface area contributed by atoms with E-state index in [1.807, 2.05) is 6.92 Å². The second-order valence-corrected chi connectivity index (χ2v) is 6.63. The zero-order valence-corrected chi connectivity index (χ0v) is 12.8. The maximum atomic E-state index is 5.38. The summed E-state index contributed by atoms with van der Waals surface area (Å²) < 4.78 is 5.38. The van der Waals surface area contributed by atoms with Crippen molar-refractivity contribution >= 4 is 0 Å². The first-order valence-electron chi connectivity index (χ1n) is 8.12. The fraction of sp³-hybridized carbons (Fsp3) is 0.812. The molecule has 1 aliphatic heterocycles. The molecule has 2 atom stereocenters. The van der Waals surface area contributed by atoms with Crippen molar-refractivity contribution in [3.8, 4) is 0 Å². The Balaban J connectivity index is 1.60. The van der Waals surface area contributed by atoms with Gasteiger partial charge in [-0.3, -0.25) is 4.90 Å². The summed E-state index contributed by atoms with van der Waals surface area (Å²) >= 11 is 0. The highest BCUT2D eigenvalue weighted by Crippen LogP contribution is 2.28. The standard InChI is InChI=1S/C16H27N3O/c1-12-8-15(20-18-12)10-19-11-16(17-9-13(19)2)14-6-4-3-5-7-14/h8,13-14,16-17H,3-7,9-11H2,1-2H3. The lowest BCUT2D eigenvalue weighted by atomic mass is 9.82. The molecule has 4 heteroatoms. The number of rotatable bonds is 3. The number of nitrogens with one attached hydrogen (secondary N) is 1. The Bertz CT molecular complexity index is 425. The maximum absolute atomic E-state index is 5.38. The summed E-state index contributed by atoms with van der Waals surface area (Å²) in [5, 5.41) is 7.77. The summed E-state index contributed by atoms with van der Waals surface area (Å²) in [7, 11) is 0. The van der Waals surface area contributed by atoms with Gasteiger partial charge in [-0.1, -0.05) is 24.4 Å². The molecule has 20 heavy (non-hydrogen) atoms. The molecule has 4 nitrogen and oxygen atoms in total. The molecule has 1 saturated heterocycles. The average Bonchev–Trinajstić information content (AvgIpc) is 2.88. The van der Waals surface area contributed by atoms with Crippen molar-refractivity contribution in [1.29, 1.82) is 0 Å². The number of hydrogen-bond donors (Lipinski definition) is 1. The third kappa shape index (κ3) is 3.23. The lowest BCUT2D eigenvalue weighted by Crippen LogP contribution is -2.57. The fourth-order valence-electron chi connectivity index (χ4n) is 3.71. The van der Waals surface area contributed by atoms with E-state index in [1.54, 1.807) is 0 Å². The zero-order chi connectivity index (χ0) is 13.9. The monoisotopic (exact) mass is 277 g/mol. The molecule has 3 rings (SSSR count). The molecule has 1 N–H and O–H groups in total. The first-order valence-corrected chi connectivity index (χ1v) is 8.12. The quantitative estimate of drug-likeness (QED) is 0.922. The minimum Gasteiger partial charge on any atom is -0.360 e. The van der Waals surface area contributed by atoms with Crippen LogP contribution in [0.1, 0.15) is 50.5 Å². The third-order valence-corrected chi connectivity index (χ3v) is 4.98. The van der Waals surface area contributed by atoms with Gasteiger partial charge in [0.25, 0.3) is 0 Å². The van der Waals surface area contributed by atoms with Crippen LogP contribution >= 0.6 is 0 Å². The van der Waals surface area contributed by atoms with E-state index in [0.29, 0.717) is 12.1 Å². The van der Waals surface area contributed by atoms with E-state index >= 15 is 0 Å². The summed E-state index contributed by atoms with van der Waals surface area (Å²) in [4.78, 5) is 2.55. The predicted octanol–water partition coefficient (Wildman–Crippen LogP) is 2.73. The molecule has 2 aliphatic rings. The molecule has 2 unspecified atom stereocenters. The Morgan fingerprint density at radius 2 is 2.15 bits per heavy atom. The van der Waals surface area contributed by atoms with Crippen molar-refractivity contribution in [2.24, 2.45) is 5.92 Å². The lowest BCUT2D eigenvalue weighted by Gasteiger charge is -2.42. The van der Waals surface area contributed by atoms with Gasteiger partial charge in [0.05, 0.1) is 12.2 Å². The Kier molecular flexibility index (Phi) is 4.41. The zero-order valence-electron chi connectivity index (χ0n) is 12.8. The topological polar surface area (TPSA) is 41.3 Å². The number of piperazine rings is 1. The SMILES string of the molecule is Cc1cc(CN2CC(C3CCCCC3)NCC2C)on1. The molecule has 2 fully saturated rings. The summed E-state index contributed by atoms with van der Waals surface area (Å²) in [6, 6.07) is 3.29. The highest BCUT2D eigenvalue weighted by Gasteiger charge is 2.31. The van der Waals surface area contributed by atoms with Crippen LogP contribution in [-0.4, -0.2) is 35.2 Å². The van der Waals surface area contributed by atoms with Gasteiger partial charge < -0.3 is 9.84 Å². The van der Waals surface area contributed by atoms with E-state index in [0.717, 1.165) is 37.0 Å².